The molecule has 3 aliphatic rings. The Balaban J connectivity index is 2.02. The average Bonchev–Trinajstić information content (AvgIpc) is 3.15. The highest BCUT2D eigenvalue weighted by atomic mass is 16.6. The van der Waals surface area contributed by atoms with Crippen LogP contribution in [-0.2, 0) is 23.9 Å². The van der Waals surface area contributed by atoms with E-state index in [1.807, 2.05) is 27.7 Å². The second-order valence-corrected chi connectivity index (χ2v) is 12.2. The van der Waals surface area contributed by atoms with Crippen LogP contribution in [0.5, 0.6) is 0 Å². The summed E-state index contributed by atoms with van der Waals surface area (Å²) in [4.78, 5) is 42.1. The Kier molecular flexibility index (Phi) is 6.70. The van der Waals surface area contributed by atoms with Crippen LogP contribution in [0.15, 0.2) is 0 Å². The molecule has 0 saturated carbocycles. The number of aliphatic hydroxyl groups excluding tert-OH is 1. The molecule has 0 aromatic heterocycles. The lowest BCUT2D eigenvalue weighted by atomic mass is 9.62. The monoisotopic (exact) mass is 466 g/mol. The maximum absolute atomic E-state index is 13.8. The molecular formula is C25H42N2O6. The number of carbonyl (C=O) groups is 3. The Labute approximate surface area is 197 Å². The van der Waals surface area contributed by atoms with Gasteiger partial charge < -0.3 is 24.8 Å². The first-order valence-electron chi connectivity index (χ1n) is 12.2. The Morgan fingerprint density at radius 2 is 1.91 bits per heavy atom. The molecule has 2 N–H and O–H groups in total. The van der Waals surface area contributed by atoms with Crippen LogP contribution in [0.2, 0.25) is 0 Å². The third kappa shape index (κ3) is 4.29. The van der Waals surface area contributed by atoms with E-state index < -0.39 is 40.6 Å². The molecule has 6 atom stereocenters. The van der Waals surface area contributed by atoms with Crippen LogP contribution in [0.1, 0.15) is 74.7 Å². The topological polar surface area (TPSA) is 105 Å². The molecule has 188 valence electrons. The van der Waals surface area contributed by atoms with Crippen LogP contribution in [0, 0.1) is 23.2 Å². The fraction of sp³-hybridized carbons (Fsp3) is 0.880. The van der Waals surface area contributed by atoms with Crippen molar-refractivity contribution in [1.29, 1.82) is 0 Å². The predicted octanol–water partition coefficient (Wildman–Crippen LogP) is 2.27. The van der Waals surface area contributed by atoms with Crippen molar-refractivity contribution in [3.63, 3.8) is 0 Å². The zero-order valence-corrected chi connectivity index (χ0v) is 21.5. The molecule has 3 aliphatic heterocycles. The number of likely N-dealkylation sites (tertiary alicyclic amines) is 1. The van der Waals surface area contributed by atoms with Crippen LogP contribution in [-0.4, -0.2) is 70.3 Å². The summed E-state index contributed by atoms with van der Waals surface area (Å²) in [6.45, 7) is 16.3. The molecular weight excluding hydrogens is 424 g/mol. The Morgan fingerprint density at radius 1 is 1.27 bits per heavy atom. The number of esters is 1. The number of aliphatic hydroxyl groups is 1. The Morgan fingerprint density at radius 3 is 2.45 bits per heavy atom. The first-order chi connectivity index (χ1) is 15.1. The van der Waals surface area contributed by atoms with E-state index >= 15 is 0 Å². The van der Waals surface area contributed by atoms with Crippen molar-refractivity contribution in [2.24, 2.45) is 23.2 Å². The van der Waals surface area contributed by atoms with Gasteiger partial charge in [0.25, 0.3) is 0 Å². The molecule has 3 fully saturated rings. The molecule has 8 nitrogen and oxygen atoms in total. The van der Waals surface area contributed by atoms with Gasteiger partial charge in [0.1, 0.15) is 17.6 Å². The van der Waals surface area contributed by atoms with Gasteiger partial charge in [0.15, 0.2) is 0 Å². The molecule has 8 heteroatoms. The standard InChI is InChI=1S/C25H42N2O6/c1-9-32-21(31)17-16-20(30)27(11-10-12-28)18(25(16)13-15(2)24(17,8)33-25)19(29)26-23(6,7)14-22(3,4)5/h15-18,28H,9-14H2,1-8H3,(H,26,29)/t15?,16-,17+,18?,24-,25?/m0/s1. The molecule has 2 bridgehead atoms. The van der Waals surface area contributed by atoms with E-state index in [9.17, 15) is 19.5 Å². The maximum Gasteiger partial charge on any atom is 0.312 e. The van der Waals surface area contributed by atoms with Gasteiger partial charge in [-0.15, -0.1) is 0 Å². The molecule has 3 rings (SSSR count). The van der Waals surface area contributed by atoms with Gasteiger partial charge in [-0.1, -0.05) is 27.7 Å². The molecule has 0 aromatic carbocycles. The number of nitrogens with zero attached hydrogens (tertiary/aromatic N) is 1. The lowest BCUT2D eigenvalue weighted by molar-refractivity contribution is -0.161. The smallest absolute Gasteiger partial charge is 0.312 e. The summed E-state index contributed by atoms with van der Waals surface area (Å²) in [7, 11) is 0. The SMILES string of the molecule is CCOC(=O)[C@H]1[C@H]2C(=O)N(CCCO)C(C(=O)NC(C)(C)CC(C)(C)C)C23CC(C)[C@]1(C)O3. The summed E-state index contributed by atoms with van der Waals surface area (Å²) in [6.07, 6.45) is 1.61. The summed E-state index contributed by atoms with van der Waals surface area (Å²) in [5.41, 5.74) is -2.45. The zero-order valence-electron chi connectivity index (χ0n) is 21.5. The van der Waals surface area contributed by atoms with E-state index in [4.69, 9.17) is 9.47 Å². The summed E-state index contributed by atoms with van der Waals surface area (Å²) >= 11 is 0. The lowest BCUT2D eigenvalue weighted by Crippen LogP contribution is -2.59. The van der Waals surface area contributed by atoms with Crippen LogP contribution < -0.4 is 5.32 Å². The fourth-order valence-electron chi connectivity index (χ4n) is 6.88. The molecule has 0 aromatic rings. The summed E-state index contributed by atoms with van der Waals surface area (Å²) < 4.78 is 12.0. The van der Waals surface area contributed by atoms with Gasteiger partial charge in [-0.3, -0.25) is 14.4 Å². The number of ether oxygens (including phenoxy) is 2. The molecule has 3 saturated heterocycles. The van der Waals surface area contributed by atoms with Crippen LogP contribution in [0.25, 0.3) is 0 Å². The first kappa shape index (κ1) is 25.9. The first-order valence-corrected chi connectivity index (χ1v) is 12.2. The molecule has 2 amide bonds. The van der Waals surface area contributed by atoms with E-state index in [1.54, 1.807) is 6.92 Å². The van der Waals surface area contributed by atoms with Gasteiger partial charge in [0.05, 0.1) is 18.1 Å². The summed E-state index contributed by atoms with van der Waals surface area (Å²) in [5.74, 6) is -2.51. The number of carbonyl (C=O) groups excluding carboxylic acids is 3. The van der Waals surface area contributed by atoms with E-state index in [0.717, 1.165) is 6.42 Å². The van der Waals surface area contributed by atoms with Gasteiger partial charge in [0.2, 0.25) is 11.8 Å². The number of hydrogen-bond acceptors (Lipinski definition) is 6. The minimum absolute atomic E-state index is 0.00101. The number of fused-ring (bicyclic) bond motifs is 1. The van der Waals surface area contributed by atoms with Gasteiger partial charge in [-0.2, -0.15) is 0 Å². The van der Waals surface area contributed by atoms with Crippen LogP contribution in [0.4, 0.5) is 0 Å². The van der Waals surface area contributed by atoms with Crippen molar-refractivity contribution < 1.29 is 29.0 Å². The second-order valence-electron chi connectivity index (χ2n) is 12.2. The maximum atomic E-state index is 13.8. The minimum Gasteiger partial charge on any atom is -0.466 e. The van der Waals surface area contributed by atoms with Crippen LogP contribution >= 0.6 is 0 Å². The number of amides is 2. The highest BCUT2D eigenvalue weighted by molar-refractivity contribution is 5.98. The second kappa shape index (κ2) is 8.52. The van der Waals surface area contributed by atoms with Crippen LogP contribution in [0.3, 0.4) is 0 Å². The molecule has 3 heterocycles. The molecule has 33 heavy (non-hydrogen) atoms. The van der Waals surface area contributed by atoms with Crippen molar-refractivity contribution in [2.75, 3.05) is 19.8 Å². The Bertz CT molecular complexity index is 805. The third-order valence-corrected chi connectivity index (χ3v) is 7.59. The third-order valence-electron chi connectivity index (χ3n) is 7.59. The van der Waals surface area contributed by atoms with Crippen molar-refractivity contribution in [1.82, 2.24) is 10.2 Å². The molecule has 3 unspecified atom stereocenters. The van der Waals surface area contributed by atoms with Crippen molar-refractivity contribution in [3.8, 4) is 0 Å². The molecule has 0 radical (unpaired) electrons. The number of rotatable bonds is 8. The van der Waals surface area contributed by atoms with E-state index in [-0.39, 0.29) is 42.9 Å². The van der Waals surface area contributed by atoms with Crippen molar-refractivity contribution >= 4 is 17.8 Å². The highest BCUT2D eigenvalue weighted by Gasteiger charge is 2.80. The highest BCUT2D eigenvalue weighted by Crippen LogP contribution is 2.65. The van der Waals surface area contributed by atoms with Gasteiger partial charge in [0, 0.05) is 18.7 Å². The molecule has 0 aliphatic carbocycles. The van der Waals surface area contributed by atoms with Crippen molar-refractivity contribution in [3.05, 3.63) is 0 Å². The fourth-order valence-corrected chi connectivity index (χ4v) is 6.88. The lowest BCUT2D eigenvalue weighted by Gasteiger charge is -2.38. The van der Waals surface area contributed by atoms with E-state index in [2.05, 4.69) is 26.1 Å². The average molecular weight is 467 g/mol. The minimum atomic E-state index is -1.08. The normalized spacial score (nSPS) is 35.7. The summed E-state index contributed by atoms with van der Waals surface area (Å²) in [6, 6.07) is -0.857. The quantitative estimate of drug-likeness (QED) is 0.532. The van der Waals surface area contributed by atoms with E-state index in [1.165, 1.54) is 4.90 Å². The van der Waals surface area contributed by atoms with Gasteiger partial charge in [-0.05, 0) is 58.3 Å². The van der Waals surface area contributed by atoms with E-state index in [0.29, 0.717) is 12.8 Å². The largest absolute Gasteiger partial charge is 0.466 e. The predicted molar refractivity (Wildman–Crippen MR) is 123 cm³/mol. The number of hydrogen-bond donors (Lipinski definition) is 2. The number of nitrogens with one attached hydrogen (secondary N) is 1. The Hall–Kier alpha value is -1.67. The molecule has 1 spiro atoms. The zero-order chi connectivity index (χ0) is 25.0. The van der Waals surface area contributed by atoms with Gasteiger partial charge in [-0.25, -0.2) is 0 Å². The van der Waals surface area contributed by atoms with Crippen molar-refractivity contribution in [2.45, 2.75) is 97.4 Å². The van der Waals surface area contributed by atoms with Gasteiger partial charge >= 0.3 is 5.97 Å². The summed E-state index contributed by atoms with van der Waals surface area (Å²) in [5, 5.41) is 12.6.